The Morgan fingerprint density at radius 3 is 2.52 bits per heavy atom. The molecule has 0 saturated heterocycles. The van der Waals surface area contributed by atoms with Gasteiger partial charge in [-0.3, -0.25) is 19.9 Å². The van der Waals surface area contributed by atoms with Gasteiger partial charge in [-0.25, -0.2) is 10.4 Å². The Labute approximate surface area is 165 Å². The minimum Gasteiger partial charge on any atom is -0.496 e. The van der Waals surface area contributed by atoms with Crippen LogP contribution in [-0.2, 0) is 0 Å². The molecule has 0 aliphatic carbocycles. The second-order valence-corrected chi connectivity index (χ2v) is 5.74. The van der Waals surface area contributed by atoms with Crippen LogP contribution in [0.25, 0.3) is 11.3 Å². The van der Waals surface area contributed by atoms with E-state index in [0.29, 0.717) is 17.0 Å². The molecule has 3 aromatic rings. The third kappa shape index (κ3) is 4.56. The quantitative estimate of drug-likeness (QED) is 0.357. The molecular formula is C19H17N5O5. The number of aromatic amines is 1. The summed E-state index contributed by atoms with van der Waals surface area (Å²) in [7, 11) is 2.76. The van der Waals surface area contributed by atoms with Crippen molar-refractivity contribution < 1.29 is 14.4 Å². The zero-order valence-electron chi connectivity index (χ0n) is 15.6. The van der Waals surface area contributed by atoms with Crippen LogP contribution >= 0.6 is 0 Å². The number of rotatable bonds is 7. The van der Waals surface area contributed by atoms with Crippen molar-refractivity contribution in [3.63, 3.8) is 0 Å². The van der Waals surface area contributed by atoms with E-state index in [-0.39, 0.29) is 22.9 Å². The monoisotopic (exact) mass is 395 g/mol. The van der Waals surface area contributed by atoms with Gasteiger partial charge in [0, 0.05) is 29.3 Å². The highest BCUT2D eigenvalue weighted by Gasteiger charge is 2.18. The normalized spacial score (nSPS) is 10.7. The number of nitro benzene ring substituents is 1. The lowest BCUT2D eigenvalue weighted by molar-refractivity contribution is -0.385. The van der Waals surface area contributed by atoms with Crippen molar-refractivity contribution in [2.45, 2.75) is 0 Å². The lowest BCUT2D eigenvalue weighted by Gasteiger charge is -2.08. The zero-order valence-corrected chi connectivity index (χ0v) is 15.6. The number of nitro groups is 1. The molecule has 0 aliphatic heterocycles. The Morgan fingerprint density at radius 1 is 1.14 bits per heavy atom. The number of methoxy groups -OCH3 is 2. The van der Waals surface area contributed by atoms with Gasteiger partial charge in [-0.15, -0.1) is 0 Å². The van der Waals surface area contributed by atoms with E-state index in [2.05, 4.69) is 20.5 Å². The maximum atomic E-state index is 11.9. The molecule has 29 heavy (non-hydrogen) atoms. The van der Waals surface area contributed by atoms with Gasteiger partial charge in [-0.2, -0.15) is 5.10 Å². The molecule has 2 aromatic carbocycles. The number of anilines is 1. The topological polar surface area (TPSA) is 132 Å². The van der Waals surface area contributed by atoms with Gasteiger partial charge in [0.2, 0.25) is 11.7 Å². The summed E-state index contributed by atoms with van der Waals surface area (Å²) in [6.45, 7) is 0. The van der Waals surface area contributed by atoms with Crippen molar-refractivity contribution in [3.05, 3.63) is 74.6 Å². The molecule has 0 fully saturated rings. The summed E-state index contributed by atoms with van der Waals surface area (Å²) in [5, 5.41) is 15.2. The Bertz CT molecular complexity index is 1110. The van der Waals surface area contributed by atoms with Crippen molar-refractivity contribution in [1.82, 2.24) is 9.97 Å². The molecule has 2 N–H and O–H groups in total. The summed E-state index contributed by atoms with van der Waals surface area (Å²) in [5.41, 5.74) is 3.63. The number of ether oxygens (including phenoxy) is 2. The summed E-state index contributed by atoms with van der Waals surface area (Å²) < 4.78 is 10.2. The van der Waals surface area contributed by atoms with Crippen molar-refractivity contribution in [3.8, 4) is 22.8 Å². The van der Waals surface area contributed by atoms with E-state index in [9.17, 15) is 14.9 Å². The van der Waals surface area contributed by atoms with E-state index in [1.54, 1.807) is 0 Å². The number of hydrazone groups is 1. The first-order chi connectivity index (χ1) is 14.0. The Balaban J connectivity index is 1.88. The van der Waals surface area contributed by atoms with Crippen molar-refractivity contribution in [2.75, 3.05) is 19.6 Å². The van der Waals surface area contributed by atoms with Crippen LogP contribution in [0.4, 0.5) is 11.6 Å². The maximum Gasteiger partial charge on any atom is 0.311 e. The van der Waals surface area contributed by atoms with Crippen LogP contribution in [0.5, 0.6) is 11.5 Å². The average Bonchev–Trinajstić information content (AvgIpc) is 2.73. The van der Waals surface area contributed by atoms with E-state index < -0.39 is 4.92 Å². The van der Waals surface area contributed by atoms with Crippen LogP contribution in [0.15, 0.2) is 58.4 Å². The van der Waals surface area contributed by atoms with Crippen molar-refractivity contribution in [2.24, 2.45) is 5.10 Å². The lowest BCUT2D eigenvalue weighted by atomic mass is 10.1. The summed E-state index contributed by atoms with van der Waals surface area (Å²) >= 11 is 0. The van der Waals surface area contributed by atoms with E-state index in [1.807, 2.05) is 30.3 Å². The number of nitrogens with one attached hydrogen (secondary N) is 2. The smallest absolute Gasteiger partial charge is 0.311 e. The van der Waals surface area contributed by atoms with Crippen molar-refractivity contribution >= 4 is 17.9 Å². The molecule has 0 unspecified atom stereocenters. The van der Waals surface area contributed by atoms with Crippen LogP contribution in [0, 0.1) is 10.1 Å². The summed E-state index contributed by atoms with van der Waals surface area (Å²) in [6, 6.07) is 13.3. The van der Waals surface area contributed by atoms with Gasteiger partial charge in [-0.05, 0) is 0 Å². The van der Waals surface area contributed by atoms with E-state index in [1.165, 1.54) is 38.6 Å². The lowest BCUT2D eigenvalue weighted by Crippen LogP contribution is -2.10. The highest BCUT2D eigenvalue weighted by atomic mass is 16.6. The van der Waals surface area contributed by atoms with Gasteiger partial charge in [0.05, 0.1) is 31.1 Å². The third-order valence-electron chi connectivity index (χ3n) is 3.91. The second-order valence-electron chi connectivity index (χ2n) is 5.74. The fraction of sp³-hybridized carbons (Fsp3) is 0.105. The van der Waals surface area contributed by atoms with Gasteiger partial charge in [-0.1, -0.05) is 30.3 Å². The fourth-order valence-corrected chi connectivity index (χ4v) is 2.58. The van der Waals surface area contributed by atoms with Crippen LogP contribution in [0.2, 0.25) is 0 Å². The number of hydrogen-bond donors (Lipinski definition) is 2. The first-order valence-electron chi connectivity index (χ1n) is 8.38. The molecule has 0 spiro atoms. The predicted molar refractivity (Wildman–Crippen MR) is 108 cm³/mol. The minimum atomic E-state index is -0.564. The number of benzene rings is 2. The molecule has 0 amide bonds. The van der Waals surface area contributed by atoms with Gasteiger partial charge in [0.1, 0.15) is 5.75 Å². The Kier molecular flexibility index (Phi) is 5.83. The fourth-order valence-electron chi connectivity index (χ4n) is 2.58. The van der Waals surface area contributed by atoms with Crippen LogP contribution in [-0.4, -0.2) is 35.3 Å². The number of aromatic nitrogens is 2. The largest absolute Gasteiger partial charge is 0.496 e. The molecule has 10 nitrogen and oxygen atoms in total. The van der Waals surface area contributed by atoms with Gasteiger partial charge in [0.15, 0.2) is 0 Å². The van der Waals surface area contributed by atoms with E-state index >= 15 is 0 Å². The van der Waals surface area contributed by atoms with Crippen LogP contribution in [0.1, 0.15) is 5.56 Å². The number of nitrogens with zero attached hydrogens (tertiary/aromatic N) is 3. The standard InChI is InChI=1S/C19H17N5O5/c1-28-16-10-17(29-2)15(24(26)27)8-13(16)11-20-23-19-21-14(9-18(25)22-19)12-6-4-3-5-7-12/h3-11H,1-2H3,(H2,21,22,23,25)/b20-11-. The minimum absolute atomic E-state index is 0.0681. The molecule has 148 valence electrons. The summed E-state index contributed by atoms with van der Waals surface area (Å²) in [6.07, 6.45) is 1.32. The maximum absolute atomic E-state index is 11.9. The van der Waals surface area contributed by atoms with Crippen molar-refractivity contribution in [1.29, 1.82) is 0 Å². The summed E-state index contributed by atoms with van der Waals surface area (Å²) in [5.74, 6) is 0.519. The van der Waals surface area contributed by atoms with Gasteiger partial charge >= 0.3 is 5.69 Å². The second kappa shape index (κ2) is 8.65. The third-order valence-corrected chi connectivity index (χ3v) is 3.91. The molecule has 0 atom stereocenters. The molecule has 1 heterocycles. The predicted octanol–water partition coefficient (Wildman–Crippen LogP) is 2.81. The molecule has 3 rings (SSSR count). The van der Waals surface area contributed by atoms with E-state index in [4.69, 9.17) is 9.47 Å². The molecule has 0 bridgehead atoms. The van der Waals surface area contributed by atoms with Crippen LogP contribution in [0.3, 0.4) is 0 Å². The summed E-state index contributed by atoms with van der Waals surface area (Å²) in [4.78, 5) is 29.4. The molecule has 0 aliphatic rings. The van der Waals surface area contributed by atoms with Gasteiger partial charge in [0.25, 0.3) is 5.56 Å². The first-order valence-corrected chi connectivity index (χ1v) is 8.38. The zero-order chi connectivity index (χ0) is 20.8. The van der Waals surface area contributed by atoms with Crippen LogP contribution < -0.4 is 20.5 Å². The molecule has 10 heteroatoms. The average molecular weight is 395 g/mol. The van der Waals surface area contributed by atoms with Gasteiger partial charge < -0.3 is 9.47 Å². The molecule has 0 saturated carbocycles. The molecular weight excluding hydrogens is 378 g/mol. The number of hydrogen-bond acceptors (Lipinski definition) is 8. The first kappa shape index (κ1) is 19.5. The highest BCUT2D eigenvalue weighted by Crippen LogP contribution is 2.33. The highest BCUT2D eigenvalue weighted by molar-refractivity contribution is 5.86. The Morgan fingerprint density at radius 2 is 1.86 bits per heavy atom. The van der Waals surface area contributed by atoms with E-state index in [0.717, 1.165) is 5.56 Å². The SMILES string of the molecule is COc1cc(OC)c([N+](=O)[O-])cc1/C=N\Nc1nc(-c2ccccc2)cc(=O)[nH]1. The molecule has 0 radical (unpaired) electrons. The number of H-pyrrole nitrogens is 1. The molecule has 1 aromatic heterocycles. The Hall–Kier alpha value is -4.21.